The molecule has 4 heteroatoms. The smallest absolute Gasteiger partial charge is 0.222 e. The highest BCUT2D eigenvalue weighted by atomic mass is 32.2. The number of hydrogen-bond acceptors (Lipinski definition) is 3. The number of nitrogens with zero attached hydrogens (tertiary/aromatic N) is 1. The van der Waals surface area contributed by atoms with E-state index in [2.05, 4.69) is 18.5 Å². The quantitative estimate of drug-likeness (QED) is 0.772. The summed E-state index contributed by atoms with van der Waals surface area (Å²) in [5, 5.41) is 3.41. The van der Waals surface area contributed by atoms with Crippen molar-refractivity contribution in [3.8, 4) is 0 Å². The molecule has 1 saturated heterocycles. The highest BCUT2D eigenvalue weighted by Crippen LogP contribution is 2.17. The topological polar surface area (TPSA) is 32.3 Å². The molecule has 0 spiro atoms. The molecular formula is C14H28N2OS. The fraction of sp³-hybridized carbons (Fsp3) is 0.929. The Morgan fingerprint density at radius 3 is 2.89 bits per heavy atom. The average Bonchev–Trinajstić information content (AvgIpc) is 2.42. The van der Waals surface area contributed by atoms with E-state index in [1.807, 2.05) is 23.7 Å². The first kappa shape index (κ1) is 15.8. The molecule has 1 amide bonds. The van der Waals surface area contributed by atoms with Crippen molar-refractivity contribution >= 4 is 17.7 Å². The Hall–Kier alpha value is -0.220. The minimum Gasteiger partial charge on any atom is -0.342 e. The summed E-state index contributed by atoms with van der Waals surface area (Å²) >= 11 is 1.82. The summed E-state index contributed by atoms with van der Waals surface area (Å²) in [4.78, 5) is 14.1. The fourth-order valence-electron chi connectivity index (χ4n) is 2.57. The first-order valence-corrected chi connectivity index (χ1v) is 8.53. The zero-order valence-corrected chi connectivity index (χ0v) is 12.9. The van der Waals surface area contributed by atoms with Gasteiger partial charge in [-0.2, -0.15) is 11.8 Å². The molecule has 1 N–H and O–H groups in total. The fourth-order valence-corrected chi connectivity index (χ4v) is 3.42. The molecule has 0 aliphatic carbocycles. The van der Waals surface area contributed by atoms with Crippen molar-refractivity contribution in [2.75, 3.05) is 32.1 Å². The molecule has 0 aromatic rings. The highest BCUT2D eigenvalue weighted by molar-refractivity contribution is 7.98. The lowest BCUT2D eigenvalue weighted by Crippen LogP contribution is -2.39. The summed E-state index contributed by atoms with van der Waals surface area (Å²) in [5.41, 5.74) is 0. The van der Waals surface area contributed by atoms with E-state index in [1.165, 1.54) is 12.8 Å². The Labute approximate surface area is 116 Å². The number of hydrogen-bond donors (Lipinski definition) is 1. The molecule has 106 valence electrons. The van der Waals surface area contributed by atoms with Crippen molar-refractivity contribution in [1.29, 1.82) is 0 Å². The summed E-state index contributed by atoms with van der Waals surface area (Å²) in [6.07, 6.45) is 7.47. The summed E-state index contributed by atoms with van der Waals surface area (Å²) in [6.45, 7) is 4.41. The Bertz CT molecular complexity index is 242. The van der Waals surface area contributed by atoms with Crippen molar-refractivity contribution in [2.45, 2.75) is 45.1 Å². The molecule has 3 nitrogen and oxygen atoms in total. The standard InChI is InChI=1S/C14H28N2OS/c1-4-13(11-18-3)16(2)14(17)8-7-12-6-5-9-15-10-12/h12-13,15H,4-11H2,1-3H3. The van der Waals surface area contributed by atoms with Crippen LogP contribution in [0.15, 0.2) is 0 Å². The molecule has 0 bridgehead atoms. The molecule has 2 atom stereocenters. The van der Waals surface area contributed by atoms with Crippen molar-refractivity contribution in [3.05, 3.63) is 0 Å². The molecule has 0 saturated carbocycles. The van der Waals surface area contributed by atoms with Crippen molar-refractivity contribution in [2.24, 2.45) is 5.92 Å². The van der Waals surface area contributed by atoms with E-state index in [0.29, 0.717) is 24.3 Å². The van der Waals surface area contributed by atoms with Gasteiger partial charge in [0.05, 0.1) is 0 Å². The second kappa shape index (κ2) is 8.81. The van der Waals surface area contributed by atoms with Gasteiger partial charge in [-0.25, -0.2) is 0 Å². The Morgan fingerprint density at radius 2 is 2.33 bits per heavy atom. The maximum atomic E-state index is 12.2. The third-order valence-electron chi connectivity index (χ3n) is 3.94. The highest BCUT2D eigenvalue weighted by Gasteiger charge is 2.20. The number of nitrogens with one attached hydrogen (secondary N) is 1. The van der Waals surface area contributed by atoms with E-state index >= 15 is 0 Å². The molecule has 0 aromatic heterocycles. The van der Waals surface area contributed by atoms with E-state index in [-0.39, 0.29) is 0 Å². The van der Waals surface area contributed by atoms with Gasteiger partial charge in [0.1, 0.15) is 0 Å². The molecule has 2 unspecified atom stereocenters. The number of rotatable bonds is 7. The van der Waals surface area contributed by atoms with Crippen LogP contribution in [0.2, 0.25) is 0 Å². The lowest BCUT2D eigenvalue weighted by Gasteiger charge is -2.28. The van der Waals surface area contributed by atoms with Crippen LogP contribution >= 0.6 is 11.8 Å². The van der Waals surface area contributed by atoms with E-state index in [0.717, 1.165) is 31.7 Å². The molecule has 1 heterocycles. The number of amides is 1. The minimum absolute atomic E-state index is 0.321. The van der Waals surface area contributed by atoms with Crippen LogP contribution in [0.1, 0.15) is 39.0 Å². The van der Waals surface area contributed by atoms with Crippen LogP contribution in [0.25, 0.3) is 0 Å². The Balaban J connectivity index is 2.29. The first-order valence-electron chi connectivity index (χ1n) is 7.14. The summed E-state index contributed by atoms with van der Waals surface area (Å²) in [5.74, 6) is 2.07. The molecule has 1 aliphatic heterocycles. The van der Waals surface area contributed by atoms with Gasteiger partial charge in [0, 0.05) is 25.3 Å². The van der Waals surface area contributed by atoms with Crippen molar-refractivity contribution in [3.63, 3.8) is 0 Å². The van der Waals surface area contributed by atoms with Crippen LogP contribution in [0.5, 0.6) is 0 Å². The van der Waals surface area contributed by atoms with Crippen molar-refractivity contribution < 1.29 is 4.79 Å². The molecule has 0 aromatic carbocycles. The third kappa shape index (κ3) is 5.19. The molecule has 1 aliphatic rings. The van der Waals surface area contributed by atoms with E-state index in [9.17, 15) is 4.79 Å². The van der Waals surface area contributed by atoms with Crippen molar-refractivity contribution in [1.82, 2.24) is 10.2 Å². The van der Waals surface area contributed by atoms with Crippen LogP contribution in [-0.4, -0.2) is 49.0 Å². The van der Waals surface area contributed by atoms with Crippen LogP contribution in [-0.2, 0) is 4.79 Å². The van der Waals surface area contributed by atoms with Crippen LogP contribution in [0.3, 0.4) is 0 Å². The molecular weight excluding hydrogens is 244 g/mol. The summed E-state index contributed by atoms with van der Waals surface area (Å²) in [6, 6.07) is 0.400. The normalized spacial score (nSPS) is 21.6. The van der Waals surface area contributed by atoms with Gasteiger partial charge >= 0.3 is 0 Å². The number of carbonyl (C=O) groups is 1. The Kier molecular flexibility index (Phi) is 7.75. The average molecular weight is 272 g/mol. The zero-order valence-electron chi connectivity index (χ0n) is 12.1. The molecule has 0 radical (unpaired) electrons. The number of thioether (sulfide) groups is 1. The summed E-state index contributed by atoms with van der Waals surface area (Å²) < 4.78 is 0. The van der Waals surface area contributed by atoms with Crippen LogP contribution in [0.4, 0.5) is 0 Å². The molecule has 1 fully saturated rings. The zero-order chi connectivity index (χ0) is 13.4. The first-order chi connectivity index (χ1) is 8.69. The molecule has 18 heavy (non-hydrogen) atoms. The van der Waals surface area contributed by atoms with Gasteiger partial charge < -0.3 is 10.2 Å². The maximum Gasteiger partial charge on any atom is 0.222 e. The number of carbonyl (C=O) groups excluding carboxylic acids is 1. The van der Waals surface area contributed by atoms with E-state index < -0.39 is 0 Å². The van der Waals surface area contributed by atoms with Gasteiger partial charge in [-0.15, -0.1) is 0 Å². The largest absolute Gasteiger partial charge is 0.342 e. The summed E-state index contributed by atoms with van der Waals surface area (Å²) in [7, 11) is 1.96. The third-order valence-corrected chi connectivity index (χ3v) is 4.65. The Morgan fingerprint density at radius 1 is 1.56 bits per heavy atom. The predicted octanol–water partition coefficient (Wildman–Crippen LogP) is 2.37. The minimum atomic E-state index is 0.321. The second-order valence-electron chi connectivity index (χ2n) is 5.27. The van der Waals surface area contributed by atoms with Gasteiger partial charge in [-0.05, 0) is 50.9 Å². The SMILES string of the molecule is CCC(CSC)N(C)C(=O)CCC1CCCNC1. The van der Waals surface area contributed by atoms with Gasteiger partial charge in [-0.3, -0.25) is 4.79 Å². The van der Waals surface area contributed by atoms with Gasteiger partial charge in [0.15, 0.2) is 0 Å². The maximum absolute atomic E-state index is 12.2. The monoisotopic (exact) mass is 272 g/mol. The predicted molar refractivity (Wildman–Crippen MR) is 80.1 cm³/mol. The van der Waals surface area contributed by atoms with Gasteiger partial charge in [-0.1, -0.05) is 6.92 Å². The lowest BCUT2D eigenvalue weighted by atomic mass is 9.94. The van der Waals surface area contributed by atoms with Crippen LogP contribution in [0, 0.1) is 5.92 Å². The van der Waals surface area contributed by atoms with Gasteiger partial charge in [0.25, 0.3) is 0 Å². The second-order valence-corrected chi connectivity index (χ2v) is 6.18. The molecule has 1 rings (SSSR count). The van der Waals surface area contributed by atoms with E-state index in [4.69, 9.17) is 0 Å². The van der Waals surface area contributed by atoms with Gasteiger partial charge in [0.2, 0.25) is 5.91 Å². The number of piperidine rings is 1. The van der Waals surface area contributed by atoms with Crippen LogP contribution < -0.4 is 5.32 Å². The van der Waals surface area contributed by atoms with E-state index in [1.54, 1.807) is 0 Å². The lowest BCUT2D eigenvalue weighted by molar-refractivity contribution is -0.132.